The maximum absolute atomic E-state index is 11.8. The van der Waals surface area contributed by atoms with Crippen LogP contribution in [-0.2, 0) is 9.84 Å². The lowest BCUT2D eigenvalue weighted by molar-refractivity contribution is 0.0996. The number of amides is 1. The summed E-state index contributed by atoms with van der Waals surface area (Å²) in [6.07, 6.45) is 5.33. The molecular formula is C18H23N5O4S. The summed E-state index contributed by atoms with van der Waals surface area (Å²) < 4.78 is 23.5. The average molecular weight is 405 g/mol. The molecule has 1 aromatic heterocycles. The number of benzene rings is 1. The van der Waals surface area contributed by atoms with Gasteiger partial charge in [0.05, 0.1) is 17.2 Å². The van der Waals surface area contributed by atoms with Crippen molar-refractivity contribution < 1.29 is 18.3 Å². The second kappa shape index (κ2) is 8.11. The number of nitrogens with zero attached hydrogens (tertiary/aromatic N) is 2. The van der Waals surface area contributed by atoms with Crippen molar-refractivity contribution in [2.75, 3.05) is 16.9 Å². The van der Waals surface area contributed by atoms with Gasteiger partial charge in [-0.05, 0) is 43.9 Å². The number of carbonyl (C=O) groups excluding carboxylic acids is 1. The van der Waals surface area contributed by atoms with Gasteiger partial charge in [-0.2, -0.15) is 0 Å². The van der Waals surface area contributed by atoms with Crippen LogP contribution >= 0.6 is 0 Å². The summed E-state index contributed by atoms with van der Waals surface area (Å²) in [6.45, 7) is 0. The first-order chi connectivity index (χ1) is 13.2. The van der Waals surface area contributed by atoms with Crippen LogP contribution in [0, 0.1) is 0 Å². The number of aliphatic hydroxyl groups excluding tert-OH is 1. The van der Waals surface area contributed by atoms with Crippen LogP contribution < -0.4 is 16.4 Å². The Balaban J connectivity index is 1.85. The Morgan fingerprint density at radius 3 is 2.61 bits per heavy atom. The fourth-order valence-electron chi connectivity index (χ4n) is 3.10. The van der Waals surface area contributed by atoms with Crippen LogP contribution in [0.5, 0.6) is 0 Å². The number of sulfone groups is 1. The van der Waals surface area contributed by atoms with Gasteiger partial charge in [-0.15, -0.1) is 0 Å². The van der Waals surface area contributed by atoms with E-state index in [-0.39, 0.29) is 28.6 Å². The monoisotopic (exact) mass is 405 g/mol. The van der Waals surface area contributed by atoms with E-state index in [9.17, 15) is 18.3 Å². The third-order valence-corrected chi connectivity index (χ3v) is 5.69. The second-order valence-electron chi connectivity index (χ2n) is 6.89. The molecule has 2 aromatic rings. The van der Waals surface area contributed by atoms with Crippen LogP contribution in [0.2, 0.25) is 0 Å². The molecular weight excluding hydrogens is 382 g/mol. The van der Waals surface area contributed by atoms with Crippen molar-refractivity contribution in [3.63, 3.8) is 0 Å². The molecule has 1 aliphatic rings. The van der Waals surface area contributed by atoms with Gasteiger partial charge in [0.25, 0.3) is 5.91 Å². The number of rotatable bonds is 6. The number of nitrogens with one attached hydrogen (secondary N) is 2. The minimum atomic E-state index is -3.38. The zero-order chi connectivity index (χ0) is 20.3. The normalized spacial score (nSPS) is 19.8. The molecule has 9 nitrogen and oxygen atoms in total. The van der Waals surface area contributed by atoms with E-state index in [0.29, 0.717) is 24.3 Å². The van der Waals surface area contributed by atoms with Crippen LogP contribution in [0.3, 0.4) is 0 Å². The summed E-state index contributed by atoms with van der Waals surface area (Å²) in [4.78, 5) is 20.3. The highest BCUT2D eigenvalue weighted by Gasteiger charge is 2.21. The molecule has 1 aromatic carbocycles. The first-order valence-electron chi connectivity index (χ1n) is 8.91. The molecule has 5 N–H and O–H groups in total. The van der Waals surface area contributed by atoms with Crippen LogP contribution in [-0.4, -0.2) is 47.8 Å². The van der Waals surface area contributed by atoms with Crippen LogP contribution in [0.15, 0.2) is 35.4 Å². The Bertz CT molecular complexity index is 972. The van der Waals surface area contributed by atoms with E-state index in [1.807, 2.05) is 0 Å². The summed E-state index contributed by atoms with van der Waals surface area (Å²) in [5.74, 6) is -0.145. The highest BCUT2D eigenvalue weighted by molar-refractivity contribution is 7.90. The molecule has 0 aliphatic heterocycles. The van der Waals surface area contributed by atoms with Crippen LogP contribution in [0.4, 0.5) is 17.3 Å². The number of hydrogen-bond acceptors (Lipinski definition) is 8. The number of anilines is 3. The largest absolute Gasteiger partial charge is 0.393 e. The number of carbonyl (C=O) groups is 1. The zero-order valence-corrected chi connectivity index (χ0v) is 16.2. The van der Waals surface area contributed by atoms with Crippen molar-refractivity contribution in [2.45, 2.75) is 42.7 Å². The quantitative estimate of drug-likeness (QED) is 0.564. The average Bonchev–Trinajstić information content (AvgIpc) is 2.63. The van der Waals surface area contributed by atoms with E-state index in [1.54, 1.807) is 12.1 Å². The number of primary amides is 1. The molecule has 0 saturated heterocycles. The summed E-state index contributed by atoms with van der Waals surface area (Å²) in [6, 6.07) is 6.33. The first-order valence-corrected chi connectivity index (χ1v) is 10.8. The number of aromatic nitrogens is 2. The van der Waals surface area contributed by atoms with Gasteiger partial charge in [-0.1, -0.05) is 6.07 Å². The van der Waals surface area contributed by atoms with E-state index >= 15 is 0 Å². The molecule has 150 valence electrons. The van der Waals surface area contributed by atoms with Crippen LogP contribution in [0.1, 0.15) is 36.2 Å². The summed E-state index contributed by atoms with van der Waals surface area (Å²) in [5, 5.41) is 15.8. The SMILES string of the molecule is CS(=O)(=O)c1cccc(Nc2nc(NC3CCC(O)CC3)cnc2C(N)=O)c1. The fraction of sp³-hybridized carbons (Fsp3) is 0.389. The molecule has 10 heteroatoms. The molecule has 1 amide bonds. The number of hydrogen-bond donors (Lipinski definition) is 4. The van der Waals surface area contributed by atoms with E-state index in [0.717, 1.165) is 19.1 Å². The Kier molecular flexibility index (Phi) is 5.80. The van der Waals surface area contributed by atoms with E-state index in [4.69, 9.17) is 5.73 Å². The maximum Gasteiger partial charge on any atom is 0.271 e. The minimum Gasteiger partial charge on any atom is -0.393 e. The summed E-state index contributed by atoms with van der Waals surface area (Å²) in [5.41, 5.74) is 5.79. The standard InChI is InChI=1S/C18H23N5O4S/c1-28(26,27)14-4-2-3-12(9-14)22-18-16(17(19)25)20-10-15(23-18)21-11-5-7-13(24)8-6-11/h2-4,9-11,13,24H,5-8H2,1H3,(H2,19,25)(H2,21,22,23). The van der Waals surface area contributed by atoms with Gasteiger partial charge in [-0.3, -0.25) is 4.79 Å². The Morgan fingerprint density at radius 2 is 1.96 bits per heavy atom. The van der Waals surface area contributed by atoms with Crippen LogP contribution in [0.25, 0.3) is 0 Å². The highest BCUT2D eigenvalue weighted by Crippen LogP contribution is 2.24. The Labute approximate surface area is 163 Å². The number of nitrogens with two attached hydrogens (primary N) is 1. The molecule has 1 saturated carbocycles. The molecule has 1 heterocycles. The fourth-order valence-corrected chi connectivity index (χ4v) is 3.76. The third kappa shape index (κ3) is 4.96. The minimum absolute atomic E-state index is 0.0469. The van der Waals surface area contributed by atoms with Gasteiger partial charge < -0.3 is 21.5 Å². The lowest BCUT2D eigenvalue weighted by atomic mass is 9.93. The summed E-state index contributed by atoms with van der Waals surface area (Å²) in [7, 11) is -3.38. The second-order valence-corrected chi connectivity index (χ2v) is 8.91. The number of aliphatic hydroxyl groups is 1. The molecule has 28 heavy (non-hydrogen) atoms. The molecule has 0 atom stereocenters. The molecule has 0 bridgehead atoms. The molecule has 0 unspecified atom stereocenters. The summed E-state index contributed by atoms with van der Waals surface area (Å²) >= 11 is 0. The highest BCUT2D eigenvalue weighted by atomic mass is 32.2. The Morgan fingerprint density at radius 1 is 1.25 bits per heavy atom. The van der Waals surface area contributed by atoms with Crippen molar-refractivity contribution in [1.29, 1.82) is 0 Å². The van der Waals surface area contributed by atoms with Crippen molar-refractivity contribution in [3.8, 4) is 0 Å². The third-order valence-electron chi connectivity index (χ3n) is 4.58. The lowest BCUT2D eigenvalue weighted by Gasteiger charge is -2.26. The maximum atomic E-state index is 11.8. The molecule has 0 radical (unpaired) electrons. The first kappa shape index (κ1) is 20.0. The van der Waals surface area contributed by atoms with Gasteiger partial charge >= 0.3 is 0 Å². The van der Waals surface area contributed by atoms with Gasteiger partial charge in [0.1, 0.15) is 5.82 Å². The zero-order valence-electron chi connectivity index (χ0n) is 15.4. The molecule has 1 fully saturated rings. The van der Waals surface area contributed by atoms with Gasteiger partial charge in [0.15, 0.2) is 21.3 Å². The van der Waals surface area contributed by atoms with E-state index < -0.39 is 15.7 Å². The van der Waals surface area contributed by atoms with Gasteiger partial charge in [0.2, 0.25) is 0 Å². The molecule has 1 aliphatic carbocycles. The van der Waals surface area contributed by atoms with Crippen molar-refractivity contribution in [1.82, 2.24) is 9.97 Å². The topological polar surface area (TPSA) is 147 Å². The van der Waals surface area contributed by atoms with Crippen molar-refractivity contribution in [3.05, 3.63) is 36.2 Å². The Hall–Kier alpha value is -2.72. The smallest absolute Gasteiger partial charge is 0.271 e. The van der Waals surface area contributed by atoms with E-state index in [1.165, 1.54) is 18.3 Å². The molecule has 0 spiro atoms. The van der Waals surface area contributed by atoms with Gasteiger partial charge in [0, 0.05) is 18.0 Å². The van der Waals surface area contributed by atoms with E-state index in [2.05, 4.69) is 20.6 Å². The predicted octanol–water partition coefficient (Wildman–Crippen LogP) is 1.44. The van der Waals surface area contributed by atoms with Crippen molar-refractivity contribution >= 4 is 33.1 Å². The lowest BCUT2D eigenvalue weighted by Crippen LogP contribution is -2.29. The predicted molar refractivity (Wildman–Crippen MR) is 105 cm³/mol. The van der Waals surface area contributed by atoms with Gasteiger partial charge in [-0.25, -0.2) is 18.4 Å². The van der Waals surface area contributed by atoms with Crippen molar-refractivity contribution in [2.24, 2.45) is 5.73 Å². The molecule has 3 rings (SSSR count).